The van der Waals surface area contributed by atoms with Gasteiger partial charge in [-0.2, -0.15) is 0 Å². The standard InChI is InChI=1S/C20H28N2O4S/c1-5-13-22(14-6-2)17-9-7-16(8-10-17)21-27(23,24)20-15-18(25-3)11-12-19(20)26-4/h7-12,15,21H,5-6,13-14H2,1-4H3. The van der Waals surface area contributed by atoms with Crippen LogP contribution in [-0.2, 0) is 10.0 Å². The number of methoxy groups -OCH3 is 2. The van der Waals surface area contributed by atoms with Crippen LogP contribution in [0.1, 0.15) is 26.7 Å². The first kappa shape index (κ1) is 20.9. The molecule has 6 nitrogen and oxygen atoms in total. The first-order valence-corrected chi connectivity index (χ1v) is 10.5. The van der Waals surface area contributed by atoms with Crippen LogP contribution in [-0.4, -0.2) is 35.7 Å². The van der Waals surface area contributed by atoms with Gasteiger partial charge in [0.15, 0.2) is 0 Å². The second kappa shape index (κ2) is 9.50. The average molecular weight is 393 g/mol. The van der Waals surface area contributed by atoms with Gasteiger partial charge >= 0.3 is 0 Å². The largest absolute Gasteiger partial charge is 0.497 e. The number of benzene rings is 2. The molecule has 0 aliphatic heterocycles. The molecule has 0 spiro atoms. The fourth-order valence-corrected chi connectivity index (χ4v) is 4.10. The normalized spacial score (nSPS) is 11.1. The van der Waals surface area contributed by atoms with Crippen LogP contribution in [0.2, 0.25) is 0 Å². The van der Waals surface area contributed by atoms with Gasteiger partial charge in [-0.05, 0) is 49.2 Å². The number of sulfonamides is 1. The zero-order valence-corrected chi connectivity index (χ0v) is 17.2. The van der Waals surface area contributed by atoms with E-state index < -0.39 is 10.0 Å². The number of nitrogens with one attached hydrogen (secondary N) is 1. The zero-order chi connectivity index (χ0) is 19.9. The summed E-state index contributed by atoms with van der Waals surface area (Å²) in [5.41, 5.74) is 1.58. The maximum atomic E-state index is 12.8. The molecule has 1 N–H and O–H groups in total. The average Bonchev–Trinajstić information content (AvgIpc) is 2.67. The van der Waals surface area contributed by atoms with Gasteiger partial charge in [0.05, 0.1) is 14.2 Å². The van der Waals surface area contributed by atoms with Crippen molar-refractivity contribution < 1.29 is 17.9 Å². The Bertz CT molecular complexity index is 830. The van der Waals surface area contributed by atoms with E-state index in [1.807, 2.05) is 12.1 Å². The van der Waals surface area contributed by atoms with Gasteiger partial charge in [-0.3, -0.25) is 4.72 Å². The highest BCUT2D eigenvalue weighted by Gasteiger charge is 2.21. The van der Waals surface area contributed by atoms with Crippen LogP contribution in [0, 0.1) is 0 Å². The van der Waals surface area contributed by atoms with Crippen LogP contribution in [0.25, 0.3) is 0 Å². The lowest BCUT2D eigenvalue weighted by Crippen LogP contribution is -2.24. The Labute approximate surface area is 162 Å². The Morgan fingerprint density at radius 3 is 2.07 bits per heavy atom. The summed E-state index contributed by atoms with van der Waals surface area (Å²) in [5.74, 6) is 0.707. The smallest absolute Gasteiger partial charge is 0.265 e. The minimum Gasteiger partial charge on any atom is -0.497 e. The molecular formula is C20H28N2O4S. The summed E-state index contributed by atoms with van der Waals surface area (Å²) in [7, 11) is -0.886. The van der Waals surface area contributed by atoms with E-state index in [2.05, 4.69) is 23.5 Å². The minimum atomic E-state index is -3.81. The Hall–Kier alpha value is -2.41. The topological polar surface area (TPSA) is 67.9 Å². The fraction of sp³-hybridized carbons (Fsp3) is 0.400. The van der Waals surface area contributed by atoms with Crippen molar-refractivity contribution in [2.24, 2.45) is 0 Å². The first-order chi connectivity index (χ1) is 12.9. The fourth-order valence-electron chi connectivity index (χ4n) is 2.85. The van der Waals surface area contributed by atoms with Crippen LogP contribution in [0.3, 0.4) is 0 Å². The summed E-state index contributed by atoms with van der Waals surface area (Å²) in [4.78, 5) is 2.33. The Morgan fingerprint density at radius 1 is 0.926 bits per heavy atom. The molecule has 0 aliphatic carbocycles. The molecule has 2 rings (SSSR count). The van der Waals surface area contributed by atoms with Gasteiger partial charge in [-0.1, -0.05) is 13.8 Å². The third kappa shape index (κ3) is 5.29. The number of anilines is 2. The SMILES string of the molecule is CCCN(CCC)c1ccc(NS(=O)(=O)c2cc(OC)ccc2OC)cc1. The van der Waals surface area contributed by atoms with Crippen molar-refractivity contribution in [3.8, 4) is 11.5 Å². The Balaban J connectivity index is 2.25. The highest BCUT2D eigenvalue weighted by atomic mass is 32.2. The molecule has 0 saturated heterocycles. The van der Waals surface area contributed by atoms with Crippen molar-refractivity contribution in [1.29, 1.82) is 0 Å². The van der Waals surface area contributed by atoms with Crippen molar-refractivity contribution >= 4 is 21.4 Å². The van der Waals surface area contributed by atoms with Gasteiger partial charge in [0, 0.05) is 30.5 Å². The van der Waals surface area contributed by atoms with Gasteiger partial charge in [0.2, 0.25) is 0 Å². The molecular weight excluding hydrogens is 364 g/mol. The van der Waals surface area contributed by atoms with E-state index >= 15 is 0 Å². The molecule has 0 aromatic heterocycles. The maximum absolute atomic E-state index is 12.8. The molecule has 0 heterocycles. The maximum Gasteiger partial charge on any atom is 0.265 e. The molecule has 27 heavy (non-hydrogen) atoms. The minimum absolute atomic E-state index is 0.0343. The summed E-state index contributed by atoms with van der Waals surface area (Å²) in [6.45, 7) is 6.24. The van der Waals surface area contributed by atoms with Crippen molar-refractivity contribution in [2.45, 2.75) is 31.6 Å². The molecule has 0 bridgehead atoms. The highest BCUT2D eigenvalue weighted by Crippen LogP contribution is 2.30. The molecule has 0 saturated carbocycles. The molecule has 0 amide bonds. The lowest BCUT2D eigenvalue weighted by atomic mass is 10.2. The molecule has 2 aromatic rings. The van der Waals surface area contributed by atoms with Gasteiger partial charge in [-0.25, -0.2) is 8.42 Å². The predicted molar refractivity (Wildman–Crippen MR) is 110 cm³/mol. The van der Waals surface area contributed by atoms with Crippen molar-refractivity contribution in [3.05, 3.63) is 42.5 Å². The Morgan fingerprint density at radius 2 is 1.56 bits per heavy atom. The third-order valence-electron chi connectivity index (χ3n) is 4.13. The van der Waals surface area contributed by atoms with E-state index in [1.165, 1.54) is 20.3 Å². The molecule has 2 aromatic carbocycles. The molecule has 0 aliphatic rings. The van der Waals surface area contributed by atoms with E-state index in [4.69, 9.17) is 9.47 Å². The van der Waals surface area contributed by atoms with Crippen LogP contribution >= 0.6 is 0 Å². The van der Waals surface area contributed by atoms with E-state index in [9.17, 15) is 8.42 Å². The molecule has 0 radical (unpaired) electrons. The van der Waals surface area contributed by atoms with Gasteiger partial charge in [0.25, 0.3) is 10.0 Å². The second-order valence-corrected chi connectivity index (χ2v) is 7.81. The molecule has 7 heteroatoms. The molecule has 0 unspecified atom stereocenters. The van der Waals surface area contributed by atoms with Crippen molar-refractivity contribution in [3.63, 3.8) is 0 Å². The number of ether oxygens (including phenoxy) is 2. The number of hydrogen-bond donors (Lipinski definition) is 1. The van der Waals surface area contributed by atoms with E-state index in [0.29, 0.717) is 11.4 Å². The van der Waals surface area contributed by atoms with Crippen LogP contribution in [0.4, 0.5) is 11.4 Å². The summed E-state index contributed by atoms with van der Waals surface area (Å²) in [6, 6.07) is 12.1. The lowest BCUT2D eigenvalue weighted by Gasteiger charge is -2.24. The van der Waals surface area contributed by atoms with Crippen LogP contribution in [0.5, 0.6) is 11.5 Å². The molecule has 0 atom stereocenters. The molecule has 0 fully saturated rings. The second-order valence-electron chi connectivity index (χ2n) is 6.16. The van der Waals surface area contributed by atoms with Gasteiger partial charge in [0.1, 0.15) is 16.4 Å². The van der Waals surface area contributed by atoms with Crippen molar-refractivity contribution in [1.82, 2.24) is 0 Å². The first-order valence-electron chi connectivity index (χ1n) is 9.05. The zero-order valence-electron chi connectivity index (χ0n) is 16.4. The summed E-state index contributed by atoms with van der Waals surface area (Å²) in [5, 5.41) is 0. The van der Waals surface area contributed by atoms with Crippen LogP contribution < -0.4 is 19.1 Å². The van der Waals surface area contributed by atoms with Crippen LogP contribution in [0.15, 0.2) is 47.4 Å². The van der Waals surface area contributed by atoms with E-state index in [1.54, 1.807) is 24.3 Å². The highest BCUT2D eigenvalue weighted by molar-refractivity contribution is 7.92. The van der Waals surface area contributed by atoms with E-state index in [-0.39, 0.29) is 10.6 Å². The number of rotatable bonds is 10. The van der Waals surface area contributed by atoms with Crippen molar-refractivity contribution in [2.75, 3.05) is 36.9 Å². The Kier molecular flexibility index (Phi) is 7.36. The predicted octanol–water partition coefficient (Wildman–Crippen LogP) is 4.13. The van der Waals surface area contributed by atoms with Gasteiger partial charge in [-0.15, -0.1) is 0 Å². The third-order valence-corrected chi connectivity index (χ3v) is 5.53. The number of nitrogens with zero attached hydrogens (tertiary/aromatic N) is 1. The number of hydrogen-bond acceptors (Lipinski definition) is 5. The monoisotopic (exact) mass is 392 g/mol. The lowest BCUT2D eigenvalue weighted by molar-refractivity contribution is 0.392. The summed E-state index contributed by atoms with van der Waals surface area (Å²) >= 11 is 0. The van der Waals surface area contributed by atoms with E-state index in [0.717, 1.165) is 31.6 Å². The van der Waals surface area contributed by atoms with Gasteiger partial charge < -0.3 is 14.4 Å². The molecule has 148 valence electrons. The quantitative estimate of drug-likeness (QED) is 0.658. The summed E-state index contributed by atoms with van der Waals surface area (Å²) < 4.78 is 38.6. The summed E-state index contributed by atoms with van der Waals surface area (Å²) in [6.07, 6.45) is 2.12.